The molecule has 10 heavy (non-hydrogen) atoms. The number of carboxylic acid groups (broad SMARTS) is 1. The molecular formula is C5H12AsNO2S. The summed E-state index contributed by atoms with van der Waals surface area (Å²) in [5.41, 5.74) is 0. The van der Waals surface area contributed by atoms with Crippen LogP contribution in [0.4, 0.5) is 0 Å². The van der Waals surface area contributed by atoms with Gasteiger partial charge in [0.2, 0.25) is 0 Å². The Morgan fingerprint density at radius 1 is 1.80 bits per heavy atom. The van der Waals surface area contributed by atoms with Crippen molar-refractivity contribution >= 4 is 35.5 Å². The molecule has 0 fully saturated rings. The van der Waals surface area contributed by atoms with Crippen LogP contribution in [0, 0.1) is 0 Å². The van der Waals surface area contributed by atoms with E-state index in [1.54, 1.807) is 16.9 Å². The molecule has 0 rings (SSSR count). The Balaban J connectivity index is 3.50. The molecule has 0 spiro atoms. The molecule has 0 aliphatic heterocycles. The predicted octanol–water partition coefficient (Wildman–Crippen LogP) is -0.990. The van der Waals surface area contributed by atoms with Crippen LogP contribution in [-0.4, -0.2) is 46.3 Å². The fourth-order valence-electron chi connectivity index (χ4n) is 0.488. The first-order chi connectivity index (χ1) is 4.72. The van der Waals surface area contributed by atoms with Gasteiger partial charge in [-0.15, -0.1) is 0 Å². The Morgan fingerprint density at radius 3 is 2.70 bits per heavy atom. The van der Waals surface area contributed by atoms with Crippen molar-refractivity contribution in [1.29, 1.82) is 0 Å². The Hall–Kier alpha value is 0.338. The summed E-state index contributed by atoms with van der Waals surface area (Å²) in [4.78, 5) is 10.3. The van der Waals surface area contributed by atoms with Crippen molar-refractivity contribution in [1.82, 2.24) is 5.32 Å². The molecule has 2 unspecified atom stereocenters. The second-order valence-electron chi connectivity index (χ2n) is 1.82. The van der Waals surface area contributed by atoms with Crippen LogP contribution in [-0.2, 0) is 4.79 Å². The standard InChI is InChI=1S/C5H12AsNO2S/c6-1-2-7-4(3-10)5(8)9/h4,7,10H,1-3,6H2,(H,8,9). The summed E-state index contributed by atoms with van der Waals surface area (Å²) in [7, 11) is 0. The van der Waals surface area contributed by atoms with Crippen molar-refractivity contribution in [2.24, 2.45) is 0 Å². The minimum atomic E-state index is -0.823. The van der Waals surface area contributed by atoms with Crippen molar-refractivity contribution in [3.05, 3.63) is 0 Å². The molecule has 0 aromatic rings. The molecule has 0 amide bonds. The van der Waals surface area contributed by atoms with Crippen molar-refractivity contribution < 1.29 is 9.90 Å². The first-order valence-electron chi connectivity index (χ1n) is 2.99. The van der Waals surface area contributed by atoms with Gasteiger partial charge in [0, 0.05) is 0 Å². The molecule has 0 aromatic heterocycles. The van der Waals surface area contributed by atoms with E-state index >= 15 is 0 Å². The van der Waals surface area contributed by atoms with Crippen LogP contribution in [0.3, 0.4) is 0 Å². The van der Waals surface area contributed by atoms with E-state index in [0.717, 1.165) is 11.8 Å². The van der Waals surface area contributed by atoms with E-state index in [-0.39, 0.29) is 0 Å². The van der Waals surface area contributed by atoms with Crippen LogP contribution in [0.15, 0.2) is 0 Å². The number of carboxylic acids is 1. The van der Waals surface area contributed by atoms with E-state index in [1.165, 1.54) is 0 Å². The molecule has 3 nitrogen and oxygen atoms in total. The average Bonchev–Trinajstić information content (AvgIpc) is 1.89. The van der Waals surface area contributed by atoms with Crippen molar-refractivity contribution in [3.8, 4) is 0 Å². The summed E-state index contributed by atoms with van der Waals surface area (Å²) >= 11 is 5.48. The van der Waals surface area contributed by atoms with E-state index < -0.39 is 12.0 Å². The number of hydrogen-bond donors (Lipinski definition) is 3. The molecule has 0 radical (unpaired) electrons. The van der Waals surface area contributed by atoms with Crippen LogP contribution < -0.4 is 5.32 Å². The molecule has 0 aromatic carbocycles. The third-order valence-corrected chi connectivity index (χ3v) is 1.99. The van der Waals surface area contributed by atoms with Crippen molar-refractivity contribution in [2.45, 2.75) is 11.3 Å². The predicted molar refractivity (Wildman–Crippen MR) is 46.6 cm³/mol. The summed E-state index contributed by atoms with van der Waals surface area (Å²) < 4.78 is 0. The summed E-state index contributed by atoms with van der Waals surface area (Å²) in [6, 6.07) is -0.487. The van der Waals surface area contributed by atoms with Crippen LogP contribution in [0.25, 0.3) is 0 Å². The van der Waals surface area contributed by atoms with Gasteiger partial charge < -0.3 is 0 Å². The molecule has 0 aliphatic rings. The summed E-state index contributed by atoms with van der Waals surface area (Å²) in [5.74, 6) is -0.474. The van der Waals surface area contributed by atoms with Gasteiger partial charge in [-0.1, -0.05) is 0 Å². The van der Waals surface area contributed by atoms with Crippen LogP contribution in [0.2, 0.25) is 5.21 Å². The number of carbonyl (C=O) groups is 1. The van der Waals surface area contributed by atoms with E-state index in [0.29, 0.717) is 5.75 Å². The summed E-state index contributed by atoms with van der Waals surface area (Å²) in [5, 5.41) is 12.4. The zero-order valence-corrected chi connectivity index (χ0v) is 8.90. The quantitative estimate of drug-likeness (QED) is 0.416. The fraction of sp³-hybridized carbons (Fsp3) is 0.800. The van der Waals surface area contributed by atoms with E-state index in [1.807, 2.05) is 0 Å². The third-order valence-electron chi connectivity index (χ3n) is 1.02. The van der Waals surface area contributed by atoms with Gasteiger partial charge in [-0.25, -0.2) is 0 Å². The number of nitrogens with one attached hydrogen (secondary N) is 1. The van der Waals surface area contributed by atoms with E-state index in [2.05, 4.69) is 17.9 Å². The van der Waals surface area contributed by atoms with Gasteiger partial charge in [-0.3, -0.25) is 0 Å². The molecule has 5 heteroatoms. The van der Waals surface area contributed by atoms with Crippen molar-refractivity contribution in [2.75, 3.05) is 12.3 Å². The minimum absolute atomic E-state index is 0.350. The number of thiol groups is 1. The first-order valence-corrected chi connectivity index (χ1v) is 5.34. The second-order valence-corrected chi connectivity index (χ2v) is 3.39. The van der Waals surface area contributed by atoms with E-state index in [4.69, 9.17) is 5.11 Å². The zero-order chi connectivity index (χ0) is 7.98. The van der Waals surface area contributed by atoms with E-state index in [9.17, 15) is 4.79 Å². The van der Waals surface area contributed by atoms with Gasteiger partial charge in [0.25, 0.3) is 0 Å². The average molecular weight is 225 g/mol. The Morgan fingerprint density at radius 2 is 2.40 bits per heavy atom. The van der Waals surface area contributed by atoms with Gasteiger partial charge in [0.1, 0.15) is 0 Å². The molecule has 2 N–H and O–H groups in total. The Bertz CT molecular complexity index is 112. The molecule has 60 valence electrons. The van der Waals surface area contributed by atoms with Gasteiger partial charge >= 0.3 is 74.2 Å². The van der Waals surface area contributed by atoms with Crippen molar-refractivity contribution in [3.63, 3.8) is 0 Å². The van der Waals surface area contributed by atoms with Gasteiger partial charge in [0.05, 0.1) is 0 Å². The van der Waals surface area contributed by atoms with Gasteiger partial charge in [0.15, 0.2) is 0 Å². The zero-order valence-electron chi connectivity index (χ0n) is 5.58. The molecule has 0 heterocycles. The van der Waals surface area contributed by atoms with Crippen LogP contribution in [0.1, 0.15) is 0 Å². The van der Waals surface area contributed by atoms with Crippen LogP contribution in [0.5, 0.6) is 0 Å². The Kier molecular flexibility index (Phi) is 6.28. The number of rotatable bonds is 5. The number of aliphatic carboxylic acids is 1. The second kappa shape index (κ2) is 6.07. The maximum absolute atomic E-state index is 10.3. The SMILES string of the molecule is O=C(O)C(CS)NCC[AsH2]. The Labute approximate surface area is 74.5 Å². The number of hydrogen-bond acceptors (Lipinski definition) is 3. The third kappa shape index (κ3) is 4.20. The normalized spacial score (nSPS) is 13.0. The van der Waals surface area contributed by atoms with Gasteiger partial charge in [-0.2, -0.15) is 0 Å². The molecule has 0 bridgehead atoms. The van der Waals surface area contributed by atoms with Crippen LogP contribution >= 0.6 is 12.6 Å². The monoisotopic (exact) mass is 225 g/mol. The summed E-state index contributed by atoms with van der Waals surface area (Å²) in [6.07, 6.45) is 0. The maximum atomic E-state index is 10.3. The molecule has 0 aliphatic carbocycles. The molecule has 0 saturated carbocycles. The molecule has 0 saturated heterocycles. The fourth-order valence-corrected chi connectivity index (χ4v) is 1.12. The molecule has 2 atom stereocenters. The topological polar surface area (TPSA) is 49.3 Å². The molecular weight excluding hydrogens is 213 g/mol. The summed E-state index contributed by atoms with van der Waals surface area (Å²) in [6.45, 7) is 0.761. The van der Waals surface area contributed by atoms with Gasteiger partial charge in [-0.05, 0) is 0 Å². The first kappa shape index (κ1) is 10.3.